The second-order valence-corrected chi connectivity index (χ2v) is 13.7. The molecule has 0 aliphatic rings. The fraction of sp³-hybridized carbons (Fsp3) is 0. The summed E-state index contributed by atoms with van der Waals surface area (Å²) in [5.41, 5.74) is 14.5. The summed E-state index contributed by atoms with van der Waals surface area (Å²) in [6.07, 6.45) is 0. The predicted octanol–water partition coefficient (Wildman–Crippen LogP) is 14.9. The molecule has 2 heteroatoms. The standard InChI is InChI=1S/C52H35NO/c1-2-13-36(14-3-1)39-17-8-18-40(33-39)37-29-31-44(32-30-37)53(49-26-12-28-51-52(49)48-24-6-7-27-50(48)54-51)45-22-10-20-42(35-45)41-19-9-21-43(34-41)47-25-11-16-38-15-4-5-23-46(38)47/h1-35H. The molecule has 0 N–H and O–H groups in total. The largest absolute Gasteiger partial charge is 0.456 e. The van der Waals surface area contributed by atoms with E-state index in [-0.39, 0.29) is 0 Å². The number of furan rings is 1. The van der Waals surface area contributed by atoms with Crippen molar-refractivity contribution in [3.05, 3.63) is 212 Å². The van der Waals surface area contributed by atoms with Gasteiger partial charge in [0.2, 0.25) is 0 Å². The smallest absolute Gasteiger partial charge is 0.137 e. The third-order valence-electron chi connectivity index (χ3n) is 10.5. The Bertz CT molecular complexity index is 2930. The Morgan fingerprint density at radius 3 is 1.67 bits per heavy atom. The highest BCUT2D eigenvalue weighted by atomic mass is 16.3. The topological polar surface area (TPSA) is 16.4 Å². The van der Waals surface area contributed by atoms with E-state index in [1.165, 1.54) is 49.7 Å². The summed E-state index contributed by atoms with van der Waals surface area (Å²) in [5.74, 6) is 0. The van der Waals surface area contributed by atoms with Crippen molar-refractivity contribution in [2.45, 2.75) is 0 Å². The van der Waals surface area contributed by atoms with E-state index in [1.807, 2.05) is 12.1 Å². The summed E-state index contributed by atoms with van der Waals surface area (Å²) in [6, 6.07) is 75.9. The van der Waals surface area contributed by atoms with Gasteiger partial charge in [0.1, 0.15) is 11.2 Å². The summed E-state index contributed by atoms with van der Waals surface area (Å²) in [5, 5.41) is 4.69. The molecule has 0 bridgehead atoms. The maximum absolute atomic E-state index is 6.39. The van der Waals surface area contributed by atoms with Crippen LogP contribution in [0.3, 0.4) is 0 Å². The zero-order valence-corrected chi connectivity index (χ0v) is 29.6. The summed E-state index contributed by atoms with van der Waals surface area (Å²) < 4.78 is 6.39. The number of rotatable bonds is 7. The monoisotopic (exact) mass is 689 g/mol. The number of anilines is 3. The Morgan fingerprint density at radius 1 is 0.315 bits per heavy atom. The zero-order chi connectivity index (χ0) is 35.8. The van der Waals surface area contributed by atoms with Crippen LogP contribution in [0.5, 0.6) is 0 Å². The molecule has 0 aliphatic carbocycles. The number of nitrogens with zero attached hydrogens (tertiary/aromatic N) is 1. The van der Waals surface area contributed by atoms with E-state index in [4.69, 9.17) is 4.42 Å². The van der Waals surface area contributed by atoms with Crippen LogP contribution >= 0.6 is 0 Å². The number of benzene rings is 9. The molecule has 10 aromatic rings. The Morgan fingerprint density at radius 2 is 0.852 bits per heavy atom. The van der Waals surface area contributed by atoms with Gasteiger partial charge in [-0.2, -0.15) is 0 Å². The van der Waals surface area contributed by atoms with Crippen LogP contribution in [0, 0.1) is 0 Å². The van der Waals surface area contributed by atoms with Crippen LogP contribution in [-0.4, -0.2) is 0 Å². The third kappa shape index (κ3) is 5.71. The van der Waals surface area contributed by atoms with Gasteiger partial charge in [0.05, 0.1) is 11.1 Å². The van der Waals surface area contributed by atoms with Gasteiger partial charge in [-0.25, -0.2) is 0 Å². The molecule has 0 aliphatic heterocycles. The molecule has 1 aromatic heterocycles. The molecule has 0 radical (unpaired) electrons. The minimum atomic E-state index is 0.868. The van der Waals surface area contributed by atoms with Gasteiger partial charge in [0.15, 0.2) is 0 Å². The summed E-state index contributed by atoms with van der Waals surface area (Å²) in [4.78, 5) is 2.37. The van der Waals surface area contributed by atoms with Crippen LogP contribution in [0.1, 0.15) is 0 Å². The first-order chi connectivity index (χ1) is 26.8. The molecule has 2 nitrogen and oxygen atoms in total. The molecule has 0 atom stereocenters. The van der Waals surface area contributed by atoms with Gasteiger partial charge in [0.25, 0.3) is 0 Å². The first-order valence-corrected chi connectivity index (χ1v) is 18.4. The Hall–Kier alpha value is -7.16. The highest BCUT2D eigenvalue weighted by Crippen LogP contribution is 2.44. The van der Waals surface area contributed by atoms with Gasteiger partial charge in [-0.1, -0.05) is 158 Å². The van der Waals surface area contributed by atoms with Crippen molar-refractivity contribution >= 4 is 49.8 Å². The van der Waals surface area contributed by atoms with E-state index in [2.05, 4.69) is 205 Å². The number of para-hydroxylation sites is 1. The van der Waals surface area contributed by atoms with Crippen LogP contribution in [0.2, 0.25) is 0 Å². The molecule has 54 heavy (non-hydrogen) atoms. The number of fused-ring (bicyclic) bond motifs is 4. The van der Waals surface area contributed by atoms with Crippen LogP contribution in [-0.2, 0) is 0 Å². The van der Waals surface area contributed by atoms with E-state index in [9.17, 15) is 0 Å². The van der Waals surface area contributed by atoms with Crippen LogP contribution < -0.4 is 4.90 Å². The Labute approximate surface area is 314 Å². The van der Waals surface area contributed by atoms with Gasteiger partial charge in [-0.3, -0.25) is 0 Å². The lowest BCUT2D eigenvalue weighted by Crippen LogP contribution is -2.10. The van der Waals surface area contributed by atoms with E-state index < -0.39 is 0 Å². The van der Waals surface area contributed by atoms with E-state index in [0.717, 1.165) is 44.6 Å². The maximum atomic E-state index is 6.39. The van der Waals surface area contributed by atoms with Gasteiger partial charge in [-0.05, 0) is 110 Å². The molecule has 9 aromatic carbocycles. The minimum Gasteiger partial charge on any atom is -0.456 e. The molecule has 0 saturated heterocycles. The molecule has 0 saturated carbocycles. The SMILES string of the molecule is c1ccc(-c2cccc(-c3ccc(N(c4cccc(-c5cccc(-c6cccc7ccccc67)c5)c4)c4cccc5oc6ccccc6c45)cc3)c2)cc1. The fourth-order valence-corrected chi connectivity index (χ4v) is 7.85. The molecule has 0 unspecified atom stereocenters. The molecule has 10 rings (SSSR count). The molecule has 0 spiro atoms. The first kappa shape index (κ1) is 31.6. The van der Waals surface area contributed by atoms with Gasteiger partial charge >= 0.3 is 0 Å². The van der Waals surface area contributed by atoms with Gasteiger partial charge in [-0.15, -0.1) is 0 Å². The molecule has 0 amide bonds. The highest BCUT2D eigenvalue weighted by Gasteiger charge is 2.20. The van der Waals surface area contributed by atoms with Crippen molar-refractivity contribution in [3.8, 4) is 44.5 Å². The quantitative estimate of drug-likeness (QED) is 0.166. The van der Waals surface area contributed by atoms with Crippen molar-refractivity contribution in [2.24, 2.45) is 0 Å². The minimum absolute atomic E-state index is 0.868. The lowest BCUT2D eigenvalue weighted by Gasteiger charge is -2.27. The number of hydrogen-bond acceptors (Lipinski definition) is 2. The van der Waals surface area contributed by atoms with Crippen molar-refractivity contribution in [1.29, 1.82) is 0 Å². The molecule has 254 valence electrons. The highest BCUT2D eigenvalue weighted by molar-refractivity contribution is 6.13. The molecular formula is C52H35NO. The average molecular weight is 690 g/mol. The predicted molar refractivity (Wildman–Crippen MR) is 228 cm³/mol. The normalized spacial score (nSPS) is 11.3. The van der Waals surface area contributed by atoms with Gasteiger partial charge < -0.3 is 9.32 Å². The second kappa shape index (κ2) is 13.4. The van der Waals surface area contributed by atoms with E-state index in [1.54, 1.807) is 0 Å². The summed E-state index contributed by atoms with van der Waals surface area (Å²) in [6.45, 7) is 0. The van der Waals surface area contributed by atoms with Crippen molar-refractivity contribution < 1.29 is 4.42 Å². The second-order valence-electron chi connectivity index (χ2n) is 13.7. The molecule has 0 fully saturated rings. The summed E-state index contributed by atoms with van der Waals surface area (Å²) in [7, 11) is 0. The van der Waals surface area contributed by atoms with E-state index in [0.29, 0.717) is 0 Å². The van der Waals surface area contributed by atoms with Crippen molar-refractivity contribution in [3.63, 3.8) is 0 Å². The van der Waals surface area contributed by atoms with Crippen LogP contribution in [0.15, 0.2) is 217 Å². The molecule has 1 heterocycles. The van der Waals surface area contributed by atoms with Gasteiger partial charge in [0, 0.05) is 16.8 Å². The van der Waals surface area contributed by atoms with Crippen molar-refractivity contribution in [2.75, 3.05) is 4.90 Å². The maximum Gasteiger partial charge on any atom is 0.137 e. The van der Waals surface area contributed by atoms with Crippen LogP contribution in [0.25, 0.3) is 77.2 Å². The molecular weight excluding hydrogens is 655 g/mol. The Kier molecular flexibility index (Phi) is 7.85. The van der Waals surface area contributed by atoms with Crippen molar-refractivity contribution in [1.82, 2.24) is 0 Å². The Balaban J connectivity index is 1.10. The third-order valence-corrected chi connectivity index (χ3v) is 10.5. The fourth-order valence-electron chi connectivity index (χ4n) is 7.85. The number of hydrogen-bond donors (Lipinski definition) is 0. The lowest BCUT2D eigenvalue weighted by molar-refractivity contribution is 0.669. The zero-order valence-electron chi connectivity index (χ0n) is 29.6. The summed E-state index contributed by atoms with van der Waals surface area (Å²) >= 11 is 0. The average Bonchev–Trinajstić information content (AvgIpc) is 3.64. The lowest BCUT2D eigenvalue weighted by atomic mass is 9.95. The van der Waals surface area contributed by atoms with E-state index >= 15 is 0 Å². The first-order valence-electron chi connectivity index (χ1n) is 18.4. The van der Waals surface area contributed by atoms with Crippen LogP contribution in [0.4, 0.5) is 17.1 Å².